The Bertz CT molecular complexity index is 751. The van der Waals surface area contributed by atoms with Crippen LogP contribution in [0.4, 0.5) is 8.78 Å². The SMILES string of the molecule is NCc1c(-c2ccc(F)cc2F)nc2ncccn12. The van der Waals surface area contributed by atoms with E-state index in [1.54, 1.807) is 22.9 Å². The molecule has 0 amide bonds. The van der Waals surface area contributed by atoms with Crippen LogP contribution in [0.25, 0.3) is 17.0 Å². The van der Waals surface area contributed by atoms with E-state index in [-0.39, 0.29) is 12.1 Å². The van der Waals surface area contributed by atoms with Gasteiger partial charge >= 0.3 is 0 Å². The maximum Gasteiger partial charge on any atom is 0.234 e. The van der Waals surface area contributed by atoms with E-state index >= 15 is 0 Å². The molecule has 0 saturated carbocycles. The minimum Gasteiger partial charge on any atom is -0.325 e. The molecule has 19 heavy (non-hydrogen) atoms. The molecule has 3 aromatic rings. The Hall–Kier alpha value is -2.34. The molecule has 1 aromatic carbocycles. The third kappa shape index (κ3) is 1.86. The number of benzene rings is 1. The van der Waals surface area contributed by atoms with E-state index in [4.69, 9.17) is 5.73 Å². The van der Waals surface area contributed by atoms with Crippen molar-refractivity contribution in [1.82, 2.24) is 14.4 Å². The molecule has 96 valence electrons. The molecule has 2 aromatic heterocycles. The third-order valence-electron chi connectivity index (χ3n) is 2.88. The molecule has 0 aliphatic carbocycles. The molecule has 2 heterocycles. The van der Waals surface area contributed by atoms with Gasteiger partial charge in [-0.3, -0.25) is 4.40 Å². The van der Waals surface area contributed by atoms with Crippen molar-refractivity contribution in [2.75, 3.05) is 0 Å². The number of halogens is 2. The van der Waals surface area contributed by atoms with Gasteiger partial charge in [0.15, 0.2) is 0 Å². The number of hydrogen-bond donors (Lipinski definition) is 1. The summed E-state index contributed by atoms with van der Waals surface area (Å²) < 4.78 is 28.5. The normalized spacial score (nSPS) is 11.1. The van der Waals surface area contributed by atoms with Crippen LogP contribution in [0.2, 0.25) is 0 Å². The summed E-state index contributed by atoms with van der Waals surface area (Å²) in [6.45, 7) is 0.180. The molecule has 0 aliphatic heterocycles. The quantitative estimate of drug-likeness (QED) is 0.768. The van der Waals surface area contributed by atoms with Gasteiger partial charge in [-0.05, 0) is 18.2 Å². The summed E-state index contributed by atoms with van der Waals surface area (Å²) in [5.41, 5.74) is 6.93. The molecular weight excluding hydrogens is 250 g/mol. The first kappa shape index (κ1) is 11.7. The van der Waals surface area contributed by atoms with Gasteiger partial charge in [0, 0.05) is 30.6 Å². The number of imidazole rings is 1. The number of hydrogen-bond acceptors (Lipinski definition) is 3. The van der Waals surface area contributed by atoms with E-state index in [9.17, 15) is 8.78 Å². The zero-order chi connectivity index (χ0) is 13.4. The van der Waals surface area contributed by atoms with Crippen LogP contribution >= 0.6 is 0 Å². The molecule has 0 unspecified atom stereocenters. The van der Waals surface area contributed by atoms with Crippen LogP contribution in [-0.2, 0) is 6.54 Å². The standard InChI is InChI=1S/C13H10F2N4/c14-8-2-3-9(10(15)6-8)12-11(7-16)19-5-1-4-17-13(19)18-12/h1-6H,7,16H2. The molecule has 0 atom stereocenters. The Morgan fingerprint density at radius 3 is 2.84 bits per heavy atom. The van der Waals surface area contributed by atoms with Crippen molar-refractivity contribution >= 4 is 5.78 Å². The summed E-state index contributed by atoms with van der Waals surface area (Å²) in [4.78, 5) is 8.34. The second-order valence-electron chi connectivity index (χ2n) is 4.03. The lowest BCUT2D eigenvalue weighted by atomic mass is 10.1. The molecule has 4 nitrogen and oxygen atoms in total. The van der Waals surface area contributed by atoms with Crippen molar-refractivity contribution in [3.8, 4) is 11.3 Å². The Kier molecular flexibility index (Phi) is 2.72. The number of rotatable bonds is 2. The van der Waals surface area contributed by atoms with Gasteiger partial charge in [0.05, 0.1) is 11.4 Å². The molecule has 0 aliphatic rings. The molecule has 0 fully saturated rings. The zero-order valence-electron chi connectivity index (χ0n) is 9.85. The van der Waals surface area contributed by atoms with Gasteiger partial charge in [0.2, 0.25) is 5.78 Å². The Balaban J connectivity index is 2.30. The monoisotopic (exact) mass is 260 g/mol. The van der Waals surface area contributed by atoms with Crippen molar-refractivity contribution in [2.24, 2.45) is 5.73 Å². The van der Waals surface area contributed by atoms with Gasteiger partial charge in [-0.15, -0.1) is 0 Å². The van der Waals surface area contributed by atoms with E-state index in [0.717, 1.165) is 6.07 Å². The first-order valence-electron chi connectivity index (χ1n) is 5.68. The third-order valence-corrected chi connectivity index (χ3v) is 2.88. The summed E-state index contributed by atoms with van der Waals surface area (Å²) in [7, 11) is 0. The fourth-order valence-corrected chi connectivity index (χ4v) is 2.03. The van der Waals surface area contributed by atoms with Gasteiger partial charge in [-0.1, -0.05) is 0 Å². The summed E-state index contributed by atoms with van der Waals surface area (Å²) in [6.07, 6.45) is 3.34. The van der Waals surface area contributed by atoms with Crippen molar-refractivity contribution in [3.63, 3.8) is 0 Å². The summed E-state index contributed by atoms with van der Waals surface area (Å²) >= 11 is 0. The van der Waals surface area contributed by atoms with Crippen LogP contribution in [-0.4, -0.2) is 14.4 Å². The topological polar surface area (TPSA) is 56.2 Å². The number of fused-ring (bicyclic) bond motifs is 1. The zero-order valence-corrected chi connectivity index (χ0v) is 9.85. The average Bonchev–Trinajstić information content (AvgIpc) is 2.76. The molecule has 2 N–H and O–H groups in total. The Labute approximate surface area is 107 Å². The maximum atomic E-state index is 13.8. The second kappa shape index (κ2) is 4.40. The van der Waals surface area contributed by atoms with Crippen LogP contribution in [0.15, 0.2) is 36.7 Å². The van der Waals surface area contributed by atoms with Gasteiger partial charge in [0.1, 0.15) is 11.6 Å². The highest BCUT2D eigenvalue weighted by Gasteiger charge is 2.16. The van der Waals surface area contributed by atoms with Gasteiger partial charge in [-0.25, -0.2) is 18.7 Å². The molecule has 0 spiro atoms. The van der Waals surface area contributed by atoms with Crippen LogP contribution < -0.4 is 5.73 Å². The van der Waals surface area contributed by atoms with E-state index in [1.807, 2.05) is 0 Å². The lowest BCUT2D eigenvalue weighted by Gasteiger charge is -2.03. The predicted molar refractivity (Wildman–Crippen MR) is 66.2 cm³/mol. The summed E-state index contributed by atoms with van der Waals surface area (Å²) in [5.74, 6) is -0.864. The van der Waals surface area contributed by atoms with Crippen LogP contribution in [0.1, 0.15) is 5.69 Å². The summed E-state index contributed by atoms with van der Waals surface area (Å²) in [5, 5.41) is 0. The maximum absolute atomic E-state index is 13.8. The fourth-order valence-electron chi connectivity index (χ4n) is 2.03. The van der Waals surface area contributed by atoms with Crippen molar-refractivity contribution < 1.29 is 8.78 Å². The van der Waals surface area contributed by atoms with Crippen LogP contribution in [0.3, 0.4) is 0 Å². The first-order chi connectivity index (χ1) is 9.20. The van der Waals surface area contributed by atoms with Gasteiger partial charge in [0.25, 0.3) is 0 Å². The molecule has 3 rings (SSSR count). The molecule has 0 radical (unpaired) electrons. The van der Waals surface area contributed by atoms with Crippen molar-refractivity contribution in [3.05, 3.63) is 54.0 Å². The van der Waals surface area contributed by atoms with E-state index in [0.29, 0.717) is 17.2 Å². The molecular formula is C13H10F2N4. The lowest BCUT2D eigenvalue weighted by Crippen LogP contribution is -2.03. The lowest BCUT2D eigenvalue weighted by molar-refractivity contribution is 0.585. The van der Waals surface area contributed by atoms with Gasteiger partial charge < -0.3 is 5.73 Å². The fraction of sp³-hybridized carbons (Fsp3) is 0.0769. The Morgan fingerprint density at radius 1 is 1.26 bits per heavy atom. The largest absolute Gasteiger partial charge is 0.325 e. The van der Waals surface area contributed by atoms with Crippen LogP contribution in [0.5, 0.6) is 0 Å². The van der Waals surface area contributed by atoms with E-state index in [1.165, 1.54) is 12.1 Å². The van der Waals surface area contributed by atoms with Crippen LogP contribution in [0, 0.1) is 11.6 Å². The Morgan fingerprint density at radius 2 is 2.11 bits per heavy atom. The minimum atomic E-state index is -0.668. The highest BCUT2D eigenvalue weighted by molar-refractivity contribution is 5.66. The predicted octanol–water partition coefficient (Wildman–Crippen LogP) is 2.13. The van der Waals surface area contributed by atoms with Gasteiger partial charge in [-0.2, -0.15) is 0 Å². The smallest absolute Gasteiger partial charge is 0.234 e. The molecule has 0 bridgehead atoms. The first-order valence-corrected chi connectivity index (χ1v) is 5.68. The highest BCUT2D eigenvalue weighted by Crippen LogP contribution is 2.26. The number of nitrogens with two attached hydrogens (primary N) is 1. The summed E-state index contributed by atoms with van der Waals surface area (Å²) in [6, 6.07) is 5.10. The number of aromatic nitrogens is 3. The average molecular weight is 260 g/mol. The van der Waals surface area contributed by atoms with E-state index in [2.05, 4.69) is 9.97 Å². The highest BCUT2D eigenvalue weighted by atomic mass is 19.1. The van der Waals surface area contributed by atoms with Crippen molar-refractivity contribution in [2.45, 2.75) is 6.54 Å². The van der Waals surface area contributed by atoms with E-state index < -0.39 is 11.6 Å². The number of nitrogens with zero attached hydrogens (tertiary/aromatic N) is 3. The molecule has 6 heteroatoms. The molecule has 0 saturated heterocycles. The second-order valence-corrected chi connectivity index (χ2v) is 4.03. The minimum absolute atomic E-state index is 0.180. The van der Waals surface area contributed by atoms with Crippen molar-refractivity contribution in [1.29, 1.82) is 0 Å².